The van der Waals surface area contributed by atoms with Gasteiger partial charge in [0, 0.05) is 24.2 Å². The molecule has 13 nitrogen and oxygen atoms in total. The summed E-state index contributed by atoms with van der Waals surface area (Å²) >= 11 is 0. The summed E-state index contributed by atoms with van der Waals surface area (Å²) in [5.74, 6) is -6.08. The maximum atomic E-state index is 11.9. The van der Waals surface area contributed by atoms with Crippen molar-refractivity contribution in [2.75, 3.05) is 6.16 Å². The molecule has 0 aromatic carbocycles. The van der Waals surface area contributed by atoms with Gasteiger partial charge in [0.25, 0.3) is 0 Å². The maximum absolute atomic E-state index is 11.9. The summed E-state index contributed by atoms with van der Waals surface area (Å²) in [7, 11) is -7.74. The molecule has 15 heteroatoms. The van der Waals surface area contributed by atoms with Crippen molar-refractivity contribution in [2.45, 2.75) is 83.6 Å². The average molecular weight is 534 g/mol. The second kappa shape index (κ2) is 13.3. The highest BCUT2D eigenvalue weighted by Gasteiger charge is 2.40. The van der Waals surface area contributed by atoms with E-state index in [1.54, 1.807) is 20.8 Å². The molecule has 0 aliphatic rings. The number of carboxylic acid groups (broad SMARTS) is 4. The summed E-state index contributed by atoms with van der Waals surface area (Å²) in [5.41, 5.74) is 0. The van der Waals surface area contributed by atoms with E-state index in [1.807, 2.05) is 0 Å². The molecule has 0 heterocycles. The molecule has 6 N–H and O–H groups in total. The largest absolute Gasteiger partial charge is 0.481 e. The van der Waals surface area contributed by atoms with Crippen LogP contribution in [0.3, 0.4) is 0 Å². The Kier molecular flexibility index (Phi) is 13.5. The Morgan fingerprint density at radius 2 is 1.15 bits per heavy atom. The molecular formula is C19H36O13P2. The highest BCUT2D eigenvalue weighted by molar-refractivity contribution is 7.59. The number of carbonyl (C=O) groups is 4. The number of hydrogen-bond donors (Lipinski definition) is 6. The van der Waals surface area contributed by atoms with Gasteiger partial charge in [-0.1, -0.05) is 20.8 Å². The van der Waals surface area contributed by atoms with Crippen LogP contribution in [0, 0.1) is 5.92 Å². The van der Waals surface area contributed by atoms with E-state index in [1.165, 1.54) is 20.8 Å². The summed E-state index contributed by atoms with van der Waals surface area (Å²) in [4.78, 5) is 61.7. The minimum absolute atomic E-state index is 0.134. The van der Waals surface area contributed by atoms with Gasteiger partial charge in [0.1, 0.15) is 0 Å². The van der Waals surface area contributed by atoms with E-state index in [0.29, 0.717) is 0 Å². The average Bonchev–Trinajstić information content (AvgIpc) is 2.59. The zero-order chi connectivity index (χ0) is 27.7. The van der Waals surface area contributed by atoms with Crippen molar-refractivity contribution in [3.05, 3.63) is 0 Å². The minimum Gasteiger partial charge on any atom is -0.481 e. The summed E-state index contributed by atoms with van der Waals surface area (Å²) in [6.45, 7) is 8.98. The Balaban J connectivity index is 0. The molecule has 0 aromatic heterocycles. The standard InChI is InChI=1S/C10H19O6P.C9H17O7P/c1-10(2,3)17(15,16)6-7(9(13)14)4-5-8(11)12;1-9(2,3)17(14,15)16-6(8(12)13)4-5-7(10)11/h7H,4-6H2,1-3H3,(H,11,12)(H,13,14)(H,15,16);6H,4-5H2,1-3H3,(H,10,11)(H,12,13)(H,14,15). The lowest BCUT2D eigenvalue weighted by Crippen LogP contribution is -2.28. The molecule has 0 spiro atoms. The van der Waals surface area contributed by atoms with Crippen molar-refractivity contribution < 1.29 is 63.0 Å². The van der Waals surface area contributed by atoms with Crippen LogP contribution in [-0.2, 0) is 32.8 Å². The van der Waals surface area contributed by atoms with Crippen LogP contribution < -0.4 is 0 Å². The Morgan fingerprint density at radius 3 is 1.44 bits per heavy atom. The monoisotopic (exact) mass is 534 g/mol. The first kappa shape index (κ1) is 34.4. The molecule has 4 atom stereocenters. The fourth-order valence-corrected chi connectivity index (χ4v) is 4.31. The van der Waals surface area contributed by atoms with Crippen molar-refractivity contribution in [3.63, 3.8) is 0 Å². The lowest BCUT2D eigenvalue weighted by molar-refractivity contribution is -0.147. The van der Waals surface area contributed by atoms with Gasteiger partial charge in [-0.15, -0.1) is 0 Å². The van der Waals surface area contributed by atoms with Gasteiger partial charge in [-0.05, 0) is 33.6 Å². The Bertz CT molecular complexity index is 755. The molecular weight excluding hydrogens is 498 g/mol. The summed E-state index contributed by atoms with van der Waals surface area (Å²) in [5, 5.41) is 32.5. The molecule has 0 fully saturated rings. The normalized spacial score (nSPS) is 17.2. The molecule has 0 aliphatic carbocycles. The molecule has 4 unspecified atom stereocenters. The number of hydrogen-bond acceptors (Lipinski definition) is 7. The zero-order valence-corrected chi connectivity index (χ0v) is 21.9. The first-order chi connectivity index (χ1) is 14.9. The maximum Gasteiger partial charge on any atom is 0.334 e. The van der Waals surface area contributed by atoms with Crippen LogP contribution >= 0.6 is 15.0 Å². The SMILES string of the molecule is CC(C)(C)P(=O)(O)CC(CCC(=O)O)C(=O)O.CC(C)(C)P(=O)(O)OC(CCC(=O)O)C(=O)O. The molecule has 0 amide bonds. The molecule has 0 bridgehead atoms. The number of rotatable bonds is 12. The third-order valence-electron chi connectivity index (χ3n) is 4.59. The number of aliphatic carboxylic acids is 4. The molecule has 0 aromatic rings. The summed E-state index contributed by atoms with van der Waals surface area (Å²) < 4.78 is 28.3. The molecule has 0 radical (unpaired) electrons. The first-order valence-electron chi connectivity index (χ1n) is 10.2. The van der Waals surface area contributed by atoms with Crippen molar-refractivity contribution in [3.8, 4) is 0 Å². The predicted octanol–water partition coefficient (Wildman–Crippen LogP) is 2.93. The molecule has 34 heavy (non-hydrogen) atoms. The first-order valence-corrected chi connectivity index (χ1v) is 13.6. The quantitative estimate of drug-likeness (QED) is 0.198. The molecule has 0 rings (SSSR count). The summed E-state index contributed by atoms with van der Waals surface area (Å²) in [6.07, 6.45) is -3.24. The van der Waals surface area contributed by atoms with Gasteiger partial charge < -0.3 is 30.2 Å². The van der Waals surface area contributed by atoms with Crippen molar-refractivity contribution in [1.29, 1.82) is 0 Å². The van der Waals surface area contributed by atoms with Crippen molar-refractivity contribution >= 4 is 38.8 Å². The number of carboxylic acids is 4. The van der Waals surface area contributed by atoms with Crippen molar-refractivity contribution in [1.82, 2.24) is 0 Å². The van der Waals surface area contributed by atoms with E-state index in [4.69, 9.17) is 20.4 Å². The highest BCUT2D eigenvalue weighted by atomic mass is 31.2. The lowest BCUT2D eigenvalue weighted by Gasteiger charge is -2.28. The second-order valence-corrected chi connectivity index (χ2v) is 15.3. The second-order valence-electron chi connectivity index (χ2n) is 9.58. The molecule has 0 aliphatic heterocycles. The van der Waals surface area contributed by atoms with Gasteiger partial charge in [0.15, 0.2) is 6.10 Å². The van der Waals surface area contributed by atoms with Crippen LogP contribution in [0.2, 0.25) is 0 Å². The Morgan fingerprint density at radius 1 is 0.735 bits per heavy atom. The van der Waals surface area contributed by atoms with Gasteiger partial charge in [-0.2, -0.15) is 0 Å². The topological polar surface area (TPSA) is 233 Å². The Hall–Kier alpha value is -1.78. The van der Waals surface area contributed by atoms with E-state index in [2.05, 4.69) is 4.52 Å². The van der Waals surface area contributed by atoms with Gasteiger partial charge in [-0.3, -0.25) is 28.0 Å². The van der Waals surface area contributed by atoms with Crippen LogP contribution in [0.15, 0.2) is 0 Å². The van der Waals surface area contributed by atoms with E-state index < -0.39 is 67.6 Å². The fraction of sp³-hybridized carbons (Fsp3) is 0.789. The zero-order valence-electron chi connectivity index (χ0n) is 20.1. The fourth-order valence-electron chi connectivity index (χ4n) is 1.97. The van der Waals surface area contributed by atoms with E-state index in [-0.39, 0.29) is 25.4 Å². The Labute approximate surface area is 198 Å². The van der Waals surface area contributed by atoms with Crippen LogP contribution in [-0.4, -0.2) is 76.7 Å². The minimum atomic E-state index is -4.12. The van der Waals surface area contributed by atoms with Crippen LogP contribution in [0.25, 0.3) is 0 Å². The highest BCUT2D eigenvalue weighted by Crippen LogP contribution is 2.56. The predicted molar refractivity (Wildman–Crippen MR) is 121 cm³/mol. The third-order valence-corrected chi connectivity index (χ3v) is 9.85. The molecule has 0 saturated carbocycles. The molecule has 200 valence electrons. The van der Waals surface area contributed by atoms with Crippen molar-refractivity contribution in [2.24, 2.45) is 5.92 Å². The molecule has 0 saturated heterocycles. The lowest BCUT2D eigenvalue weighted by atomic mass is 10.1. The van der Waals surface area contributed by atoms with Gasteiger partial charge in [0.2, 0.25) is 7.37 Å². The van der Waals surface area contributed by atoms with E-state index in [0.717, 1.165) is 0 Å². The van der Waals surface area contributed by atoms with Crippen LogP contribution in [0.4, 0.5) is 0 Å². The van der Waals surface area contributed by atoms with Gasteiger partial charge in [-0.25, -0.2) is 4.79 Å². The van der Waals surface area contributed by atoms with Gasteiger partial charge >= 0.3 is 31.5 Å². The van der Waals surface area contributed by atoms with Gasteiger partial charge in [0.05, 0.1) is 11.1 Å². The third kappa shape index (κ3) is 13.2. The summed E-state index contributed by atoms with van der Waals surface area (Å²) in [6, 6.07) is 0. The van der Waals surface area contributed by atoms with Crippen LogP contribution in [0.1, 0.15) is 67.2 Å². The van der Waals surface area contributed by atoms with Crippen LogP contribution in [0.5, 0.6) is 0 Å². The van der Waals surface area contributed by atoms with E-state index >= 15 is 0 Å². The van der Waals surface area contributed by atoms with E-state index in [9.17, 15) is 38.1 Å². The smallest absolute Gasteiger partial charge is 0.334 e.